The van der Waals surface area contributed by atoms with Gasteiger partial charge in [-0.2, -0.15) is 4.98 Å². The molecule has 0 unspecified atom stereocenters. The van der Waals surface area contributed by atoms with Crippen LogP contribution in [0, 0.1) is 12.7 Å². The standard InChI is InChI=1S/C14H14BrFN2O/c1-8(2)14-17-9(3)6-13(18-14)19-12-7-10(16)4-5-11(12)15/h4-8H,1-3H3. The van der Waals surface area contributed by atoms with E-state index in [1.54, 1.807) is 12.1 Å². The minimum Gasteiger partial charge on any atom is -0.438 e. The molecule has 0 spiro atoms. The van der Waals surface area contributed by atoms with E-state index in [-0.39, 0.29) is 11.7 Å². The zero-order chi connectivity index (χ0) is 14.0. The molecular formula is C14H14BrFN2O. The van der Waals surface area contributed by atoms with E-state index in [2.05, 4.69) is 25.9 Å². The molecule has 0 bridgehead atoms. The van der Waals surface area contributed by atoms with Gasteiger partial charge in [0.1, 0.15) is 17.4 Å². The van der Waals surface area contributed by atoms with E-state index in [1.807, 2.05) is 20.8 Å². The second-order valence-corrected chi connectivity index (χ2v) is 5.39. The zero-order valence-electron chi connectivity index (χ0n) is 10.9. The summed E-state index contributed by atoms with van der Waals surface area (Å²) in [6.45, 7) is 5.90. The molecule has 0 atom stereocenters. The van der Waals surface area contributed by atoms with Crippen LogP contribution in [0.1, 0.15) is 31.3 Å². The molecule has 2 aromatic rings. The molecule has 0 saturated heterocycles. The van der Waals surface area contributed by atoms with Crippen LogP contribution in [-0.4, -0.2) is 9.97 Å². The third-order valence-corrected chi connectivity index (χ3v) is 3.13. The van der Waals surface area contributed by atoms with E-state index < -0.39 is 0 Å². The van der Waals surface area contributed by atoms with E-state index >= 15 is 0 Å². The smallest absolute Gasteiger partial charge is 0.222 e. The lowest BCUT2D eigenvalue weighted by atomic mass is 10.2. The van der Waals surface area contributed by atoms with Crippen molar-refractivity contribution in [3.8, 4) is 11.6 Å². The predicted molar refractivity (Wildman–Crippen MR) is 75.0 cm³/mol. The van der Waals surface area contributed by atoms with Crippen LogP contribution in [0.2, 0.25) is 0 Å². The minimum atomic E-state index is -0.354. The van der Waals surface area contributed by atoms with Gasteiger partial charge >= 0.3 is 0 Å². The molecule has 1 aromatic heterocycles. The second kappa shape index (κ2) is 5.65. The Hall–Kier alpha value is -1.49. The average molecular weight is 325 g/mol. The first kappa shape index (κ1) is 13.9. The number of ether oxygens (including phenoxy) is 1. The van der Waals surface area contributed by atoms with Gasteiger partial charge in [-0.3, -0.25) is 0 Å². The summed E-state index contributed by atoms with van der Waals surface area (Å²) in [5.41, 5.74) is 0.821. The Labute approximate surface area is 120 Å². The summed E-state index contributed by atoms with van der Waals surface area (Å²) in [6, 6.07) is 6.00. The Morgan fingerprint density at radius 3 is 2.63 bits per heavy atom. The van der Waals surface area contributed by atoms with Crippen molar-refractivity contribution >= 4 is 15.9 Å². The molecule has 0 aliphatic carbocycles. The molecule has 0 radical (unpaired) electrons. The molecule has 100 valence electrons. The zero-order valence-corrected chi connectivity index (χ0v) is 12.5. The summed E-state index contributed by atoms with van der Waals surface area (Å²) in [5.74, 6) is 1.38. The highest BCUT2D eigenvalue weighted by Gasteiger charge is 2.10. The highest BCUT2D eigenvalue weighted by molar-refractivity contribution is 9.10. The van der Waals surface area contributed by atoms with Crippen LogP contribution in [-0.2, 0) is 0 Å². The molecule has 1 heterocycles. The maximum absolute atomic E-state index is 13.2. The maximum Gasteiger partial charge on any atom is 0.222 e. The van der Waals surface area contributed by atoms with Crippen LogP contribution in [0.3, 0.4) is 0 Å². The minimum absolute atomic E-state index is 0.207. The predicted octanol–water partition coefficient (Wildman–Crippen LogP) is 4.60. The number of hydrogen-bond donors (Lipinski definition) is 0. The molecular weight excluding hydrogens is 311 g/mol. The number of halogens is 2. The number of rotatable bonds is 3. The normalized spacial score (nSPS) is 10.8. The molecule has 0 amide bonds. The first-order valence-electron chi connectivity index (χ1n) is 5.94. The van der Waals surface area contributed by atoms with Crippen molar-refractivity contribution in [2.75, 3.05) is 0 Å². The van der Waals surface area contributed by atoms with Crippen molar-refractivity contribution < 1.29 is 9.13 Å². The molecule has 19 heavy (non-hydrogen) atoms. The van der Waals surface area contributed by atoms with Crippen molar-refractivity contribution in [1.82, 2.24) is 9.97 Å². The highest BCUT2D eigenvalue weighted by atomic mass is 79.9. The molecule has 3 nitrogen and oxygen atoms in total. The SMILES string of the molecule is Cc1cc(Oc2cc(F)ccc2Br)nc(C(C)C)n1. The molecule has 0 aliphatic heterocycles. The van der Waals surface area contributed by atoms with Crippen molar-refractivity contribution in [3.63, 3.8) is 0 Å². The van der Waals surface area contributed by atoms with Gasteiger partial charge in [0.2, 0.25) is 5.88 Å². The number of aryl methyl sites for hydroxylation is 1. The fourth-order valence-corrected chi connectivity index (χ4v) is 1.87. The molecule has 0 saturated carbocycles. The lowest BCUT2D eigenvalue weighted by molar-refractivity contribution is 0.448. The number of nitrogens with zero attached hydrogens (tertiary/aromatic N) is 2. The van der Waals surface area contributed by atoms with Crippen LogP contribution < -0.4 is 4.74 Å². The monoisotopic (exact) mass is 324 g/mol. The van der Waals surface area contributed by atoms with Gasteiger partial charge in [-0.1, -0.05) is 13.8 Å². The van der Waals surface area contributed by atoms with Crippen LogP contribution in [0.25, 0.3) is 0 Å². The molecule has 5 heteroatoms. The summed E-state index contributed by atoms with van der Waals surface area (Å²) >= 11 is 3.32. The van der Waals surface area contributed by atoms with Gasteiger partial charge in [-0.15, -0.1) is 0 Å². The Morgan fingerprint density at radius 2 is 1.95 bits per heavy atom. The summed E-state index contributed by atoms with van der Waals surface area (Å²) < 4.78 is 19.5. The lowest BCUT2D eigenvalue weighted by Crippen LogP contribution is -2.01. The van der Waals surface area contributed by atoms with Gasteiger partial charge < -0.3 is 4.74 Å². The number of aromatic nitrogens is 2. The van der Waals surface area contributed by atoms with Crippen LogP contribution in [0.4, 0.5) is 4.39 Å². The van der Waals surface area contributed by atoms with Gasteiger partial charge in [0.05, 0.1) is 4.47 Å². The van der Waals surface area contributed by atoms with Crippen LogP contribution in [0.15, 0.2) is 28.7 Å². The van der Waals surface area contributed by atoms with Crippen LogP contribution >= 0.6 is 15.9 Å². The van der Waals surface area contributed by atoms with Gasteiger partial charge in [-0.25, -0.2) is 9.37 Å². The van der Waals surface area contributed by atoms with Gasteiger partial charge in [0, 0.05) is 23.7 Å². The third-order valence-electron chi connectivity index (χ3n) is 2.47. The summed E-state index contributed by atoms with van der Waals surface area (Å²) in [4.78, 5) is 8.66. The largest absolute Gasteiger partial charge is 0.438 e. The first-order valence-corrected chi connectivity index (χ1v) is 6.73. The third kappa shape index (κ3) is 3.50. The van der Waals surface area contributed by atoms with Crippen molar-refractivity contribution in [1.29, 1.82) is 0 Å². The summed E-state index contributed by atoms with van der Waals surface area (Å²) in [5, 5.41) is 0. The molecule has 0 aliphatic rings. The Kier molecular flexibility index (Phi) is 4.14. The van der Waals surface area contributed by atoms with Gasteiger partial charge in [0.15, 0.2) is 0 Å². The van der Waals surface area contributed by atoms with Crippen molar-refractivity contribution in [2.45, 2.75) is 26.7 Å². The summed E-state index contributed by atoms with van der Waals surface area (Å²) in [6.07, 6.45) is 0. The quantitative estimate of drug-likeness (QED) is 0.827. The number of hydrogen-bond acceptors (Lipinski definition) is 3. The van der Waals surface area contributed by atoms with E-state index in [9.17, 15) is 4.39 Å². The first-order chi connectivity index (χ1) is 8.95. The molecule has 0 N–H and O–H groups in total. The molecule has 1 aromatic carbocycles. The highest BCUT2D eigenvalue weighted by Crippen LogP contribution is 2.30. The van der Waals surface area contributed by atoms with Gasteiger partial charge in [0.25, 0.3) is 0 Å². The Bertz CT molecular complexity index is 602. The maximum atomic E-state index is 13.2. The molecule has 0 fully saturated rings. The van der Waals surface area contributed by atoms with Crippen molar-refractivity contribution in [2.24, 2.45) is 0 Å². The van der Waals surface area contributed by atoms with E-state index in [0.29, 0.717) is 21.9 Å². The van der Waals surface area contributed by atoms with Crippen LogP contribution in [0.5, 0.6) is 11.6 Å². The van der Waals surface area contributed by atoms with Crippen molar-refractivity contribution in [3.05, 3.63) is 46.1 Å². The Balaban J connectivity index is 2.35. The van der Waals surface area contributed by atoms with E-state index in [4.69, 9.17) is 4.74 Å². The van der Waals surface area contributed by atoms with E-state index in [1.165, 1.54) is 12.1 Å². The average Bonchev–Trinajstić information content (AvgIpc) is 2.33. The second-order valence-electron chi connectivity index (χ2n) is 4.54. The lowest BCUT2D eigenvalue weighted by Gasteiger charge is -2.10. The number of benzene rings is 1. The summed E-state index contributed by atoms with van der Waals surface area (Å²) in [7, 11) is 0. The topological polar surface area (TPSA) is 35.0 Å². The van der Waals surface area contributed by atoms with E-state index in [0.717, 1.165) is 5.69 Å². The fraction of sp³-hybridized carbons (Fsp3) is 0.286. The van der Waals surface area contributed by atoms with Gasteiger partial charge in [-0.05, 0) is 35.0 Å². The molecule has 2 rings (SSSR count). The Morgan fingerprint density at radius 1 is 1.21 bits per heavy atom. The fourth-order valence-electron chi connectivity index (χ4n) is 1.54.